The molecule has 22 heavy (non-hydrogen) atoms. The van der Waals surface area contributed by atoms with Gasteiger partial charge in [0.1, 0.15) is 0 Å². The molecule has 1 aromatic heterocycles. The standard InChI is InChI=1S/C16H21NO3SSi/c1-16(2,3)22(4,5)20-14-9-8-12(11-13(14)17(18)19)15-7-6-10-21-15/h6-11H,1-5H3. The fourth-order valence-electron chi connectivity index (χ4n) is 1.77. The first kappa shape index (κ1) is 16.7. The lowest BCUT2D eigenvalue weighted by Gasteiger charge is -2.36. The fourth-order valence-corrected chi connectivity index (χ4v) is 3.52. The molecule has 0 radical (unpaired) electrons. The van der Waals surface area contributed by atoms with Crippen LogP contribution in [0.15, 0.2) is 35.7 Å². The number of hydrogen-bond donors (Lipinski definition) is 0. The van der Waals surface area contributed by atoms with Gasteiger partial charge in [0.25, 0.3) is 8.32 Å². The second-order valence-corrected chi connectivity index (χ2v) is 12.5. The van der Waals surface area contributed by atoms with Gasteiger partial charge in [0.15, 0.2) is 5.75 Å². The van der Waals surface area contributed by atoms with Crippen LogP contribution in [0.5, 0.6) is 5.75 Å². The van der Waals surface area contributed by atoms with Gasteiger partial charge in [-0.05, 0) is 47.3 Å². The van der Waals surface area contributed by atoms with E-state index in [-0.39, 0.29) is 15.6 Å². The molecular formula is C16H21NO3SSi. The van der Waals surface area contributed by atoms with Crippen LogP contribution in [0.4, 0.5) is 5.69 Å². The van der Waals surface area contributed by atoms with Crippen LogP contribution >= 0.6 is 11.3 Å². The first-order valence-corrected chi connectivity index (χ1v) is 10.9. The van der Waals surface area contributed by atoms with E-state index < -0.39 is 8.32 Å². The van der Waals surface area contributed by atoms with Crippen LogP contribution in [-0.4, -0.2) is 13.2 Å². The summed E-state index contributed by atoms with van der Waals surface area (Å²) in [6.07, 6.45) is 0. The summed E-state index contributed by atoms with van der Waals surface area (Å²) in [5.41, 5.74) is 0.889. The van der Waals surface area contributed by atoms with Crippen LogP contribution in [0.25, 0.3) is 10.4 Å². The third-order valence-corrected chi connectivity index (χ3v) is 9.39. The molecular weight excluding hydrogens is 314 g/mol. The summed E-state index contributed by atoms with van der Waals surface area (Å²) in [5, 5.41) is 13.4. The van der Waals surface area contributed by atoms with Gasteiger partial charge in [-0.2, -0.15) is 0 Å². The summed E-state index contributed by atoms with van der Waals surface area (Å²) in [6, 6.07) is 9.12. The maximum atomic E-state index is 11.4. The molecule has 0 unspecified atom stereocenters. The zero-order valence-corrected chi connectivity index (χ0v) is 15.4. The second kappa shape index (κ2) is 5.85. The van der Waals surface area contributed by atoms with Crippen LogP contribution in [0.3, 0.4) is 0 Å². The largest absolute Gasteiger partial charge is 0.539 e. The molecule has 2 rings (SSSR count). The minimum atomic E-state index is -2.11. The second-order valence-electron chi connectivity index (χ2n) is 6.78. The third-order valence-electron chi connectivity index (χ3n) is 4.13. The molecule has 0 saturated carbocycles. The van der Waals surface area contributed by atoms with Crippen molar-refractivity contribution in [1.29, 1.82) is 0 Å². The van der Waals surface area contributed by atoms with Crippen LogP contribution in [-0.2, 0) is 0 Å². The van der Waals surface area contributed by atoms with Crippen molar-refractivity contribution in [2.24, 2.45) is 0 Å². The van der Waals surface area contributed by atoms with Crippen molar-refractivity contribution in [1.82, 2.24) is 0 Å². The monoisotopic (exact) mass is 335 g/mol. The number of hydrogen-bond acceptors (Lipinski definition) is 4. The van der Waals surface area contributed by atoms with E-state index in [1.165, 1.54) is 0 Å². The number of thiophene rings is 1. The van der Waals surface area contributed by atoms with Crippen molar-refractivity contribution in [3.8, 4) is 16.2 Å². The predicted octanol–water partition coefficient (Wildman–Crippen LogP) is 5.71. The van der Waals surface area contributed by atoms with E-state index >= 15 is 0 Å². The summed E-state index contributed by atoms with van der Waals surface area (Å²) in [7, 11) is -2.11. The van der Waals surface area contributed by atoms with E-state index in [4.69, 9.17) is 4.43 Å². The molecule has 1 heterocycles. The van der Waals surface area contributed by atoms with Crippen LogP contribution < -0.4 is 4.43 Å². The van der Waals surface area contributed by atoms with E-state index in [0.29, 0.717) is 5.75 Å². The Morgan fingerprint density at radius 2 is 1.91 bits per heavy atom. The van der Waals surface area contributed by atoms with E-state index in [0.717, 1.165) is 10.4 Å². The molecule has 0 bridgehead atoms. The summed E-state index contributed by atoms with van der Waals surface area (Å²) in [5.74, 6) is 0.372. The molecule has 4 nitrogen and oxygen atoms in total. The highest BCUT2D eigenvalue weighted by Crippen LogP contribution is 2.41. The number of nitro benzene ring substituents is 1. The Labute approximate surface area is 136 Å². The minimum Gasteiger partial charge on any atom is -0.539 e. The Morgan fingerprint density at radius 3 is 2.41 bits per heavy atom. The Kier molecular flexibility index (Phi) is 4.44. The molecule has 0 N–H and O–H groups in total. The zero-order valence-electron chi connectivity index (χ0n) is 13.5. The molecule has 0 aliphatic heterocycles. The molecule has 0 aliphatic carbocycles. The summed E-state index contributed by atoms with van der Waals surface area (Å²) >= 11 is 1.56. The first-order chi connectivity index (χ1) is 10.1. The Hall–Kier alpha value is -1.66. The van der Waals surface area contributed by atoms with Crippen molar-refractivity contribution in [3.63, 3.8) is 0 Å². The molecule has 0 aliphatic rings. The summed E-state index contributed by atoms with van der Waals surface area (Å²) in [4.78, 5) is 12.1. The van der Waals surface area contributed by atoms with E-state index in [1.54, 1.807) is 23.5 Å². The van der Waals surface area contributed by atoms with E-state index in [2.05, 4.69) is 33.9 Å². The van der Waals surface area contributed by atoms with Gasteiger partial charge in [-0.3, -0.25) is 10.1 Å². The van der Waals surface area contributed by atoms with Crippen molar-refractivity contribution in [2.45, 2.75) is 38.9 Å². The van der Waals surface area contributed by atoms with Crippen molar-refractivity contribution in [2.75, 3.05) is 0 Å². The fraction of sp³-hybridized carbons (Fsp3) is 0.375. The van der Waals surface area contributed by atoms with Gasteiger partial charge in [-0.15, -0.1) is 11.3 Å². The maximum absolute atomic E-state index is 11.4. The summed E-state index contributed by atoms with van der Waals surface area (Å²) in [6.45, 7) is 10.5. The molecule has 118 valence electrons. The van der Waals surface area contributed by atoms with Crippen molar-refractivity contribution < 1.29 is 9.35 Å². The van der Waals surface area contributed by atoms with Gasteiger partial charge < -0.3 is 4.43 Å². The molecule has 1 aromatic carbocycles. The molecule has 0 saturated heterocycles. The molecule has 0 amide bonds. The van der Waals surface area contributed by atoms with E-state index in [9.17, 15) is 10.1 Å². The van der Waals surface area contributed by atoms with Crippen LogP contribution in [0.2, 0.25) is 18.1 Å². The van der Waals surface area contributed by atoms with Gasteiger partial charge in [0.2, 0.25) is 0 Å². The third kappa shape index (κ3) is 3.39. The quantitative estimate of drug-likeness (QED) is 0.408. The molecule has 0 spiro atoms. The maximum Gasteiger partial charge on any atom is 0.310 e. The number of rotatable bonds is 4. The summed E-state index contributed by atoms with van der Waals surface area (Å²) < 4.78 is 6.13. The average molecular weight is 336 g/mol. The lowest BCUT2D eigenvalue weighted by atomic mass is 10.1. The topological polar surface area (TPSA) is 52.4 Å². The molecule has 6 heteroatoms. The van der Waals surface area contributed by atoms with Crippen LogP contribution in [0, 0.1) is 10.1 Å². The van der Waals surface area contributed by atoms with E-state index in [1.807, 2.05) is 23.6 Å². The smallest absolute Gasteiger partial charge is 0.310 e. The molecule has 0 atom stereocenters. The SMILES string of the molecule is CC(C)(C)[Si](C)(C)Oc1ccc(-c2cccs2)cc1[N+](=O)[O-]. The lowest BCUT2D eigenvalue weighted by Crippen LogP contribution is -2.44. The van der Waals surface area contributed by atoms with Gasteiger partial charge in [-0.25, -0.2) is 0 Å². The van der Waals surface area contributed by atoms with Gasteiger partial charge in [0, 0.05) is 10.9 Å². The highest BCUT2D eigenvalue weighted by atomic mass is 32.1. The minimum absolute atomic E-state index is 0.00665. The Bertz CT molecular complexity index is 675. The van der Waals surface area contributed by atoms with Gasteiger partial charge in [-0.1, -0.05) is 26.8 Å². The highest BCUT2D eigenvalue weighted by Gasteiger charge is 2.40. The normalized spacial score (nSPS) is 12.2. The zero-order chi connectivity index (χ0) is 16.5. The molecule has 2 aromatic rings. The average Bonchev–Trinajstić information content (AvgIpc) is 2.91. The van der Waals surface area contributed by atoms with Crippen LogP contribution in [0.1, 0.15) is 20.8 Å². The Balaban J connectivity index is 2.43. The number of nitrogens with zero attached hydrogens (tertiary/aromatic N) is 1. The van der Waals surface area contributed by atoms with Crippen molar-refractivity contribution >= 4 is 25.3 Å². The number of nitro groups is 1. The molecule has 0 fully saturated rings. The highest BCUT2D eigenvalue weighted by molar-refractivity contribution is 7.13. The van der Waals surface area contributed by atoms with Gasteiger partial charge in [0.05, 0.1) is 4.92 Å². The lowest BCUT2D eigenvalue weighted by molar-refractivity contribution is -0.385. The number of benzene rings is 1. The van der Waals surface area contributed by atoms with Gasteiger partial charge >= 0.3 is 5.69 Å². The van der Waals surface area contributed by atoms with Crippen molar-refractivity contribution in [3.05, 3.63) is 45.8 Å². The predicted molar refractivity (Wildman–Crippen MR) is 94.2 cm³/mol. The first-order valence-electron chi connectivity index (χ1n) is 7.13. The Morgan fingerprint density at radius 1 is 1.23 bits per heavy atom.